The molecule has 3 aliphatic rings. The smallest absolute Gasteiger partial charge is 0.253 e. The van der Waals surface area contributed by atoms with Crippen LogP contribution in [0.15, 0.2) is 79.9 Å². The molecule has 0 aliphatic carbocycles. The van der Waals surface area contributed by atoms with Crippen LogP contribution in [0, 0.1) is 17.8 Å². The number of β-amino-alcohol motifs (C(OH)–C–C–N with tert-alkyl or cyclic N) is 1. The molecule has 9 heteroatoms. The summed E-state index contributed by atoms with van der Waals surface area (Å²) >= 11 is 0. The number of carbonyl (C=O) groups excluding carboxylic acids is 3. The number of benzene rings is 2. The topological polar surface area (TPSA) is 99.6 Å². The number of hydrogen-bond acceptors (Lipinski definition) is 6. The van der Waals surface area contributed by atoms with Gasteiger partial charge in [0.1, 0.15) is 17.4 Å². The van der Waals surface area contributed by atoms with Crippen molar-refractivity contribution in [3.05, 3.63) is 85.5 Å². The van der Waals surface area contributed by atoms with Crippen LogP contribution in [-0.4, -0.2) is 83.2 Å². The molecule has 43 heavy (non-hydrogen) atoms. The molecule has 5 rings (SSSR count). The molecule has 228 valence electrons. The molecule has 0 radical (unpaired) electrons. The van der Waals surface area contributed by atoms with Crippen molar-refractivity contribution in [1.82, 2.24) is 9.80 Å². The molecule has 3 fully saturated rings. The second-order valence-corrected chi connectivity index (χ2v) is 11.9. The zero-order valence-corrected chi connectivity index (χ0v) is 25.1. The van der Waals surface area contributed by atoms with Crippen LogP contribution < -0.4 is 9.64 Å². The van der Waals surface area contributed by atoms with Gasteiger partial charge in [-0.05, 0) is 49.1 Å². The maximum absolute atomic E-state index is 14.6. The Morgan fingerprint density at radius 3 is 2.37 bits per heavy atom. The number of hydrogen-bond donors (Lipinski definition) is 1. The molecule has 2 bridgehead atoms. The van der Waals surface area contributed by atoms with Crippen LogP contribution >= 0.6 is 0 Å². The summed E-state index contributed by atoms with van der Waals surface area (Å²) in [4.78, 5) is 48.1. The number of fused-ring (bicyclic) bond motifs is 1. The molecule has 3 unspecified atom stereocenters. The largest absolute Gasteiger partial charge is 0.497 e. The first-order valence-corrected chi connectivity index (χ1v) is 14.8. The minimum absolute atomic E-state index is 0.0478. The summed E-state index contributed by atoms with van der Waals surface area (Å²) < 4.78 is 12.2. The van der Waals surface area contributed by atoms with E-state index < -0.39 is 29.1 Å². The maximum Gasteiger partial charge on any atom is 0.253 e. The standard InChI is InChI=1S/C34H41N3O6/c1-6-17-35(22-24-11-9-8-10-12-24)30(39)27-28-31(40)37(19-20-38)29(34(28)21-23(3)33(27,4)43-34)32(41)36(18-7-2)25-13-15-26(42-5)16-14-25/h6-16,23,27-29,38H,1-2,17-22H2,3-5H3/t23?,27-,28+,29?,33+,34?/m1/s1. The van der Waals surface area contributed by atoms with E-state index in [1.807, 2.05) is 44.2 Å². The summed E-state index contributed by atoms with van der Waals surface area (Å²) in [7, 11) is 1.57. The zero-order chi connectivity index (χ0) is 30.9. The third-order valence-corrected chi connectivity index (χ3v) is 9.49. The predicted molar refractivity (Wildman–Crippen MR) is 163 cm³/mol. The summed E-state index contributed by atoms with van der Waals surface area (Å²) in [5, 5.41) is 10.0. The van der Waals surface area contributed by atoms with Gasteiger partial charge in [-0.25, -0.2) is 0 Å². The summed E-state index contributed by atoms with van der Waals surface area (Å²) in [5.41, 5.74) is -0.611. The fourth-order valence-corrected chi connectivity index (χ4v) is 7.49. The molecular formula is C34H41N3O6. The van der Waals surface area contributed by atoms with Gasteiger partial charge in [0.15, 0.2) is 0 Å². The van der Waals surface area contributed by atoms with Gasteiger partial charge >= 0.3 is 0 Å². The highest BCUT2D eigenvalue weighted by Crippen LogP contribution is 2.65. The molecule has 1 spiro atoms. The van der Waals surface area contributed by atoms with Crippen LogP contribution in [-0.2, 0) is 25.7 Å². The van der Waals surface area contributed by atoms with Gasteiger partial charge in [-0.15, -0.1) is 13.2 Å². The third kappa shape index (κ3) is 4.94. The minimum Gasteiger partial charge on any atom is -0.497 e. The van der Waals surface area contributed by atoms with Crippen LogP contribution in [0.5, 0.6) is 5.75 Å². The van der Waals surface area contributed by atoms with Crippen molar-refractivity contribution < 1.29 is 29.0 Å². The molecule has 2 aromatic rings. The summed E-state index contributed by atoms with van der Waals surface area (Å²) in [6.45, 7) is 12.1. The van der Waals surface area contributed by atoms with Gasteiger partial charge in [0.25, 0.3) is 5.91 Å². The fourth-order valence-electron chi connectivity index (χ4n) is 7.49. The lowest BCUT2D eigenvalue weighted by Gasteiger charge is -2.39. The lowest BCUT2D eigenvalue weighted by Crippen LogP contribution is -2.57. The van der Waals surface area contributed by atoms with Crippen molar-refractivity contribution in [3.63, 3.8) is 0 Å². The van der Waals surface area contributed by atoms with Crippen molar-refractivity contribution in [3.8, 4) is 5.75 Å². The summed E-state index contributed by atoms with van der Waals surface area (Å²) in [6, 6.07) is 15.7. The number of amides is 3. The first-order valence-electron chi connectivity index (χ1n) is 14.8. The highest BCUT2D eigenvalue weighted by atomic mass is 16.5. The van der Waals surface area contributed by atoms with Crippen LogP contribution in [0.1, 0.15) is 25.8 Å². The highest BCUT2D eigenvalue weighted by molar-refractivity contribution is 6.05. The van der Waals surface area contributed by atoms with E-state index in [0.717, 1.165) is 5.56 Å². The molecule has 9 nitrogen and oxygen atoms in total. The third-order valence-electron chi connectivity index (χ3n) is 9.49. The fraction of sp³-hybridized carbons (Fsp3) is 0.441. The van der Waals surface area contributed by atoms with E-state index in [0.29, 0.717) is 30.9 Å². The van der Waals surface area contributed by atoms with Gasteiger partial charge in [0.05, 0.1) is 31.2 Å². The molecule has 0 aromatic heterocycles. The van der Waals surface area contributed by atoms with Gasteiger partial charge in [-0.1, -0.05) is 49.4 Å². The highest BCUT2D eigenvalue weighted by Gasteiger charge is 2.80. The zero-order valence-electron chi connectivity index (χ0n) is 25.1. The van der Waals surface area contributed by atoms with Gasteiger partial charge in [-0.2, -0.15) is 0 Å². The number of nitrogens with zero attached hydrogens (tertiary/aromatic N) is 3. The minimum atomic E-state index is -1.23. The first kappa shape index (κ1) is 30.5. The van der Waals surface area contributed by atoms with Crippen molar-refractivity contribution >= 4 is 23.4 Å². The molecule has 6 atom stereocenters. The van der Waals surface area contributed by atoms with Crippen molar-refractivity contribution in [1.29, 1.82) is 0 Å². The molecular weight excluding hydrogens is 546 g/mol. The quantitative estimate of drug-likeness (QED) is 0.382. The average molecular weight is 588 g/mol. The van der Waals surface area contributed by atoms with Gasteiger partial charge in [0.2, 0.25) is 11.8 Å². The van der Waals surface area contributed by atoms with E-state index in [1.54, 1.807) is 53.3 Å². The predicted octanol–water partition coefficient (Wildman–Crippen LogP) is 3.43. The van der Waals surface area contributed by atoms with Crippen molar-refractivity contribution in [2.75, 3.05) is 38.3 Å². The Hall–Kier alpha value is -3.95. The number of likely N-dealkylation sites (tertiary alicyclic amines) is 1. The lowest BCUT2D eigenvalue weighted by molar-refractivity contribution is -0.152. The number of anilines is 1. The number of ether oxygens (including phenoxy) is 2. The number of aliphatic hydroxyl groups excluding tert-OH is 1. The lowest BCUT2D eigenvalue weighted by atomic mass is 9.62. The molecule has 3 saturated heterocycles. The Morgan fingerprint density at radius 1 is 1.09 bits per heavy atom. The second-order valence-electron chi connectivity index (χ2n) is 11.9. The van der Waals surface area contributed by atoms with Crippen molar-refractivity contribution in [2.45, 2.75) is 44.1 Å². The Morgan fingerprint density at radius 2 is 1.77 bits per heavy atom. The summed E-state index contributed by atoms with van der Waals surface area (Å²) in [5.74, 6) is -2.02. The van der Waals surface area contributed by atoms with Crippen LogP contribution in [0.3, 0.4) is 0 Å². The Kier molecular flexibility index (Phi) is 8.49. The van der Waals surface area contributed by atoms with Crippen LogP contribution in [0.25, 0.3) is 0 Å². The molecule has 0 saturated carbocycles. The van der Waals surface area contributed by atoms with Crippen molar-refractivity contribution in [2.24, 2.45) is 17.8 Å². The monoisotopic (exact) mass is 587 g/mol. The number of aliphatic hydroxyl groups is 1. The average Bonchev–Trinajstić information content (AvgIpc) is 3.52. The summed E-state index contributed by atoms with van der Waals surface area (Å²) in [6.07, 6.45) is 3.75. The molecule has 3 heterocycles. The number of methoxy groups -OCH3 is 1. The Balaban J connectivity index is 1.56. The van der Waals surface area contributed by atoms with Gasteiger partial charge in [-0.3, -0.25) is 14.4 Å². The van der Waals surface area contributed by atoms with E-state index in [2.05, 4.69) is 13.2 Å². The van der Waals surface area contributed by atoms with Gasteiger partial charge < -0.3 is 29.3 Å². The second kappa shape index (κ2) is 12.0. The number of rotatable bonds is 12. The van der Waals surface area contributed by atoms with E-state index in [-0.39, 0.29) is 43.3 Å². The van der Waals surface area contributed by atoms with E-state index in [9.17, 15) is 19.5 Å². The molecule has 3 aliphatic heterocycles. The van der Waals surface area contributed by atoms with Crippen LogP contribution in [0.2, 0.25) is 0 Å². The Bertz CT molecular complexity index is 1380. The van der Waals surface area contributed by atoms with E-state index in [4.69, 9.17) is 9.47 Å². The van der Waals surface area contributed by atoms with E-state index in [1.165, 1.54) is 4.90 Å². The van der Waals surface area contributed by atoms with Gasteiger partial charge in [0, 0.05) is 31.9 Å². The van der Waals surface area contributed by atoms with Crippen LogP contribution in [0.4, 0.5) is 5.69 Å². The SMILES string of the molecule is C=CCN(Cc1ccccc1)C(=O)[C@H]1[C@H]2C(=O)N(CCO)C(C(=O)N(CC=C)c3ccc(OC)cc3)C23CC(C)[C@]1(C)O3. The first-order chi connectivity index (χ1) is 20.7. The maximum atomic E-state index is 14.6. The molecule has 2 aromatic carbocycles. The van der Waals surface area contributed by atoms with E-state index >= 15 is 0 Å². The normalized spacial score (nSPS) is 28.8. The molecule has 3 amide bonds. The molecule has 1 N–H and O–H groups in total. The Labute approximate surface area is 253 Å². The number of carbonyl (C=O) groups is 3.